The predicted molar refractivity (Wildman–Crippen MR) is 87.8 cm³/mol. The van der Waals surface area contributed by atoms with Crippen molar-refractivity contribution in [1.29, 1.82) is 0 Å². The van der Waals surface area contributed by atoms with Crippen molar-refractivity contribution >= 4 is 21.8 Å². The smallest absolute Gasteiger partial charge is 0.411 e. The largest absolute Gasteiger partial charge is 0.492 e. The van der Waals surface area contributed by atoms with Crippen molar-refractivity contribution in [3.8, 4) is 5.75 Å². The van der Waals surface area contributed by atoms with Crippen molar-refractivity contribution in [3.05, 3.63) is 18.2 Å². The van der Waals surface area contributed by atoms with Crippen LogP contribution in [0.4, 0.5) is 10.5 Å². The fourth-order valence-corrected chi connectivity index (χ4v) is 3.84. The number of hydrogen-bond donors (Lipinski definition) is 1. The van der Waals surface area contributed by atoms with Gasteiger partial charge in [-0.05, 0) is 32.0 Å². The summed E-state index contributed by atoms with van der Waals surface area (Å²) in [5.74, 6) is 0.249. The summed E-state index contributed by atoms with van der Waals surface area (Å²) < 4.78 is 42.6. The molecule has 0 unspecified atom stereocenters. The number of morpholine rings is 1. The van der Waals surface area contributed by atoms with Crippen molar-refractivity contribution in [1.82, 2.24) is 4.31 Å². The van der Waals surface area contributed by atoms with Crippen molar-refractivity contribution in [3.63, 3.8) is 0 Å². The first-order valence-electron chi connectivity index (χ1n) is 7.77. The molecule has 0 saturated carbocycles. The summed E-state index contributed by atoms with van der Waals surface area (Å²) >= 11 is 0. The van der Waals surface area contributed by atoms with Gasteiger partial charge in [-0.3, -0.25) is 5.32 Å². The summed E-state index contributed by atoms with van der Waals surface area (Å²) in [6.45, 7) is 5.28. The van der Waals surface area contributed by atoms with Crippen LogP contribution in [0, 0.1) is 0 Å². The van der Waals surface area contributed by atoms with Crippen LogP contribution >= 0.6 is 0 Å². The fraction of sp³-hybridized carbons (Fsp3) is 0.533. The second kappa shape index (κ2) is 8.32. The van der Waals surface area contributed by atoms with E-state index in [0.29, 0.717) is 25.5 Å². The Hall–Kier alpha value is -1.84. The van der Waals surface area contributed by atoms with Crippen LogP contribution in [-0.4, -0.2) is 58.3 Å². The van der Waals surface area contributed by atoms with Gasteiger partial charge in [0.25, 0.3) is 0 Å². The Bertz CT molecular complexity index is 671. The van der Waals surface area contributed by atoms with Crippen LogP contribution in [0.5, 0.6) is 5.75 Å². The van der Waals surface area contributed by atoms with E-state index in [0.717, 1.165) is 0 Å². The molecule has 0 spiro atoms. The SMILES string of the molecule is CCOC(=O)Nc1ccc(OCC)c(S(=O)(=O)N2CCOCC2)c1. The zero-order valence-electron chi connectivity index (χ0n) is 13.8. The van der Waals surface area contributed by atoms with Gasteiger partial charge in [0, 0.05) is 18.8 Å². The molecule has 24 heavy (non-hydrogen) atoms. The van der Waals surface area contributed by atoms with E-state index in [1.807, 2.05) is 0 Å². The third-order valence-corrected chi connectivity index (χ3v) is 5.27. The molecule has 9 heteroatoms. The van der Waals surface area contributed by atoms with E-state index in [1.165, 1.54) is 16.4 Å². The van der Waals surface area contributed by atoms with Crippen LogP contribution in [-0.2, 0) is 19.5 Å². The number of benzene rings is 1. The topological polar surface area (TPSA) is 94.2 Å². The monoisotopic (exact) mass is 358 g/mol. The van der Waals surface area contributed by atoms with Gasteiger partial charge in [-0.15, -0.1) is 0 Å². The van der Waals surface area contributed by atoms with Gasteiger partial charge in [0.05, 0.1) is 26.4 Å². The van der Waals surface area contributed by atoms with Gasteiger partial charge >= 0.3 is 6.09 Å². The van der Waals surface area contributed by atoms with Crippen LogP contribution in [0.15, 0.2) is 23.1 Å². The number of anilines is 1. The second-order valence-electron chi connectivity index (χ2n) is 4.96. The summed E-state index contributed by atoms with van der Waals surface area (Å²) in [5, 5.41) is 2.50. The first-order valence-corrected chi connectivity index (χ1v) is 9.21. The molecule has 1 aromatic carbocycles. The Balaban J connectivity index is 2.35. The van der Waals surface area contributed by atoms with Crippen LogP contribution in [0.25, 0.3) is 0 Å². The first-order chi connectivity index (χ1) is 11.5. The van der Waals surface area contributed by atoms with Gasteiger partial charge in [0.15, 0.2) is 0 Å². The summed E-state index contributed by atoms with van der Waals surface area (Å²) in [6.07, 6.45) is -0.642. The molecule has 1 aliphatic heterocycles. The fourth-order valence-electron chi connectivity index (χ4n) is 2.27. The van der Waals surface area contributed by atoms with Gasteiger partial charge in [0.1, 0.15) is 10.6 Å². The number of nitrogens with one attached hydrogen (secondary N) is 1. The number of carbonyl (C=O) groups excluding carboxylic acids is 1. The number of nitrogens with zero attached hydrogens (tertiary/aromatic N) is 1. The Morgan fingerprint density at radius 2 is 1.96 bits per heavy atom. The third-order valence-electron chi connectivity index (χ3n) is 3.35. The zero-order valence-corrected chi connectivity index (χ0v) is 14.6. The normalized spacial score (nSPS) is 15.8. The van der Waals surface area contributed by atoms with E-state index in [9.17, 15) is 13.2 Å². The molecule has 0 aliphatic carbocycles. The number of sulfonamides is 1. The lowest BCUT2D eigenvalue weighted by Crippen LogP contribution is -2.40. The van der Waals surface area contributed by atoms with E-state index in [2.05, 4.69) is 5.32 Å². The predicted octanol–water partition coefficient (Wildman–Crippen LogP) is 1.67. The molecule has 1 saturated heterocycles. The number of rotatable bonds is 6. The van der Waals surface area contributed by atoms with Crippen LogP contribution in [0.2, 0.25) is 0 Å². The molecule has 0 bridgehead atoms. The van der Waals surface area contributed by atoms with Crippen LogP contribution in [0.3, 0.4) is 0 Å². The Kier molecular flexibility index (Phi) is 6.41. The van der Waals surface area contributed by atoms with E-state index in [4.69, 9.17) is 14.2 Å². The lowest BCUT2D eigenvalue weighted by atomic mass is 10.3. The number of hydrogen-bond acceptors (Lipinski definition) is 6. The molecule has 0 radical (unpaired) electrons. The maximum atomic E-state index is 12.9. The molecule has 134 valence electrons. The zero-order chi connectivity index (χ0) is 17.6. The molecule has 1 aliphatic rings. The average Bonchev–Trinajstić information content (AvgIpc) is 2.57. The van der Waals surface area contributed by atoms with E-state index >= 15 is 0 Å². The summed E-state index contributed by atoms with van der Waals surface area (Å²) in [5.41, 5.74) is 0.323. The molecule has 1 amide bonds. The van der Waals surface area contributed by atoms with Crippen molar-refractivity contribution in [2.45, 2.75) is 18.7 Å². The van der Waals surface area contributed by atoms with E-state index in [-0.39, 0.29) is 30.3 Å². The molecule has 0 aromatic heterocycles. The Labute approximate surface area is 141 Å². The maximum Gasteiger partial charge on any atom is 0.411 e. The minimum Gasteiger partial charge on any atom is -0.492 e. The number of ether oxygens (including phenoxy) is 3. The number of carbonyl (C=O) groups is 1. The van der Waals surface area contributed by atoms with E-state index < -0.39 is 16.1 Å². The molecule has 1 fully saturated rings. The van der Waals surface area contributed by atoms with Gasteiger partial charge in [-0.25, -0.2) is 13.2 Å². The highest BCUT2D eigenvalue weighted by Crippen LogP contribution is 2.30. The lowest BCUT2D eigenvalue weighted by molar-refractivity contribution is 0.0729. The molecular weight excluding hydrogens is 336 g/mol. The molecular formula is C15H22N2O6S. The van der Waals surface area contributed by atoms with Gasteiger partial charge < -0.3 is 14.2 Å². The molecule has 0 atom stereocenters. The van der Waals surface area contributed by atoms with Crippen LogP contribution in [0.1, 0.15) is 13.8 Å². The molecule has 1 heterocycles. The van der Waals surface area contributed by atoms with Crippen LogP contribution < -0.4 is 10.1 Å². The Morgan fingerprint density at radius 3 is 2.58 bits per heavy atom. The third kappa shape index (κ3) is 4.37. The number of amides is 1. The highest BCUT2D eigenvalue weighted by atomic mass is 32.2. The lowest BCUT2D eigenvalue weighted by Gasteiger charge is -2.27. The van der Waals surface area contributed by atoms with E-state index in [1.54, 1.807) is 19.9 Å². The standard InChI is InChI=1S/C15H22N2O6S/c1-3-22-13-6-5-12(16-15(18)23-4-2)11-14(13)24(19,20)17-7-9-21-10-8-17/h5-6,11H,3-4,7-10H2,1-2H3,(H,16,18). The average molecular weight is 358 g/mol. The molecule has 2 rings (SSSR count). The summed E-state index contributed by atoms with van der Waals surface area (Å²) in [7, 11) is -3.75. The van der Waals surface area contributed by atoms with Gasteiger partial charge in [-0.2, -0.15) is 4.31 Å². The Morgan fingerprint density at radius 1 is 1.25 bits per heavy atom. The van der Waals surface area contributed by atoms with Crippen molar-refractivity contribution < 1.29 is 27.4 Å². The second-order valence-corrected chi connectivity index (χ2v) is 6.86. The van der Waals surface area contributed by atoms with Crippen molar-refractivity contribution in [2.75, 3.05) is 44.8 Å². The minimum atomic E-state index is -3.75. The van der Waals surface area contributed by atoms with Gasteiger partial charge in [0.2, 0.25) is 10.0 Å². The highest BCUT2D eigenvalue weighted by molar-refractivity contribution is 7.89. The molecule has 8 nitrogen and oxygen atoms in total. The minimum absolute atomic E-state index is 0.0144. The quantitative estimate of drug-likeness (QED) is 0.831. The first kappa shape index (κ1) is 18.5. The molecule has 1 aromatic rings. The van der Waals surface area contributed by atoms with Gasteiger partial charge in [-0.1, -0.05) is 0 Å². The summed E-state index contributed by atoms with van der Waals surface area (Å²) in [6, 6.07) is 4.48. The highest BCUT2D eigenvalue weighted by Gasteiger charge is 2.29. The van der Waals surface area contributed by atoms with Crippen molar-refractivity contribution in [2.24, 2.45) is 0 Å². The summed E-state index contributed by atoms with van der Waals surface area (Å²) in [4.78, 5) is 11.6. The molecule has 1 N–H and O–H groups in total. The maximum absolute atomic E-state index is 12.9.